The van der Waals surface area contributed by atoms with Crippen LogP contribution in [0.3, 0.4) is 0 Å². The molecule has 1 N–H and O–H groups in total. The Labute approximate surface area is 145 Å². The number of methoxy groups -OCH3 is 2. The van der Waals surface area contributed by atoms with E-state index in [1.165, 1.54) is 0 Å². The van der Waals surface area contributed by atoms with Crippen molar-refractivity contribution in [3.8, 4) is 11.5 Å². The van der Waals surface area contributed by atoms with E-state index in [0.29, 0.717) is 33.8 Å². The van der Waals surface area contributed by atoms with E-state index in [4.69, 9.17) is 9.47 Å². The van der Waals surface area contributed by atoms with Crippen molar-refractivity contribution in [2.24, 2.45) is 0 Å². The summed E-state index contributed by atoms with van der Waals surface area (Å²) in [5.41, 5.74) is 1.66. The highest BCUT2D eigenvalue weighted by atomic mass is 16.5. The molecule has 0 aliphatic heterocycles. The van der Waals surface area contributed by atoms with E-state index in [-0.39, 0.29) is 11.6 Å². The summed E-state index contributed by atoms with van der Waals surface area (Å²) in [6.07, 6.45) is 3.09. The van der Waals surface area contributed by atoms with Crippen molar-refractivity contribution in [2.45, 2.75) is 0 Å². The molecule has 0 unspecified atom stereocenters. The number of ether oxygens (including phenoxy) is 2. The van der Waals surface area contributed by atoms with Gasteiger partial charge in [-0.25, -0.2) is 0 Å². The zero-order chi connectivity index (χ0) is 17.8. The maximum atomic E-state index is 12.7. The van der Waals surface area contributed by atoms with Gasteiger partial charge in [0.05, 0.1) is 25.3 Å². The molecule has 0 radical (unpaired) electrons. The molecule has 3 rings (SSSR count). The highest BCUT2D eigenvalue weighted by Gasteiger charge is 2.20. The maximum absolute atomic E-state index is 12.7. The van der Waals surface area contributed by atoms with Gasteiger partial charge in [-0.1, -0.05) is 0 Å². The smallest absolute Gasteiger partial charge is 0.195 e. The van der Waals surface area contributed by atoms with Crippen LogP contribution in [0.5, 0.6) is 11.5 Å². The van der Waals surface area contributed by atoms with Crippen molar-refractivity contribution in [2.75, 3.05) is 14.2 Å². The highest BCUT2D eigenvalue weighted by molar-refractivity contribution is 6.19. The molecule has 0 aliphatic carbocycles. The minimum Gasteiger partial charge on any atom is -0.497 e. The standard InChI is InChI=1S/C20H17NO4/c1-24-15-7-3-13(4-8-15)19(22)17-11-21-12-18(17)20(23)14-5-9-16(25-2)10-6-14/h3-12,21H,1-2H3. The summed E-state index contributed by atoms with van der Waals surface area (Å²) in [4.78, 5) is 28.3. The number of hydrogen-bond acceptors (Lipinski definition) is 4. The monoisotopic (exact) mass is 335 g/mol. The number of ketones is 2. The van der Waals surface area contributed by atoms with Crippen molar-refractivity contribution < 1.29 is 19.1 Å². The lowest BCUT2D eigenvalue weighted by atomic mass is 9.97. The molecule has 5 nitrogen and oxygen atoms in total. The largest absolute Gasteiger partial charge is 0.497 e. The van der Waals surface area contributed by atoms with Gasteiger partial charge in [0, 0.05) is 23.5 Å². The van der Waals surface area contributed by atoms with E-state index < -0.39 is 0 Å². The maximum Gasteiger partial charge on any atom is 0.195 e. The highest BCUT2D eigenvalue weighted by Crippen LogP contribution is 2.21. The van der Waals surface area contributed by atoms with Gasteiger partial charge >= 0.3 is 0 Å². The zero-order valence-corrected chi connectivity index (χ0v) is 13.9. The summed E-state index contributed by atoms with van der Waals surface area (Å²) in [5, 5.41) is 0. The average molecular weight is 335 g/mol. The predicted molar refractivity (Wildman–Crippen MR) is 93.6 cm³/mol. The van der Waals surface area contributed by atoms with Crippen LogP contribution in [0.15, 0.2) is 60.9 Å². The first-order valence-corrected chi connectivity index (χ1v) is 7.68. The number of aromatic nitrogens is 1. The van der Waals surface area contributed by atoms with E-state index in [0.717, 1.165) is 0 Å². The second kappa shape index (κ2) is 7.05. The van der Waals surface area contributed by atoms with E-state index in [1.807, 2.05) is 0 Å². The summed E-state index contributed by atoms with van der Waals surface area (Å²) in [7, 11) is 3.13. The van der Waals surface area contributed by atoms with Crippen LogP contribution >= 0.6 is 0 Å². The topological polar surface area (TPSA) is 68.4 Å². The van der Waals surface area contributed by atoms with Crippen LogP contribution in [0.2, 0.25) is 0 Å². The lowest BCUT2D eigenvalue weighted by Gasteiger charge is -2.05. The number of nitrogens with one attached hydrogen (secondary N) is 1. The number of carbonyl (C=O) groups excluding carboxylic acids is 2. The summed E-state index contributed by atoms with van der Waals surface area (Å²) in [6, 6.07) is 13.6. The van der Waals surface area contributed by atoms with Gasteiger partial charge in [-0.3, -0.25) is 9.59 Å². The van der Waals surface area contributed by atoms with Gasteiger partial charge in [0.2, 0.25) is 0 Å². The summed E-state index contributed by atoms with van der Waals surface area (Å²) >= 11 is 0. The first-order valence-electron chi connectivity index (χ1n) is 7.68. The van der Waals surface area contributed by atoms with Crippen molar-refractivity contribution in [3.63, 3.8) is 0 Å². The molecule has 0 bridgehead atoms. The molecule has 0 saturated heterocycles. The van der Waals surface area contributed by atoms with Crippen molar-refractivity contribution >= 4 is 11.6 Å². The van der Waals surface area contributed by atoms with E-state index in [2.05, 4.69) is 4.98 Å². The minimum atomic E-state index is -0.222. The number of H-pyrrole nitrogens is 1. The number of aromatic amines is 1. The molecule has 0 aliphatic rings. The first kappa shape index (κ1) is 16.5. The lowest BCUT2D eigenvalue weighted by Crippen LogP contribution is -2.08. The summed E-state index contributed by atoms with van der Waals surface area (Å²) in [6.45, 7) is 0. The Morgan fingerprint density at radius 2 is 1.04 bits per heavy atom. The Bertz CT molecular complexity index is 818. The molecule has 0 saturated carbocycles. The molecule has 0 spiro atoms. The van der Waals surface area contributed by atoms with Gasteiger partial charge in [-0.2, -0.15) is 0 Å². The molecule has 1 aromatic heterocycles. The SMILES string of the molecule is COc1ccc(C(=O)c2c[nH]cc2C(=O)c2ccc(OC)cc2)cc1. The van der Waals surface area contributed by atoms with Crippen LogP contribution < -0.4 is 9.47 Å². The van der Waals surface area contributed by atoms with Gasteiger partial charge in [-0.05, 0) is 48.5 Å². The number of rotatable bonds is 6. The fourth-order valence-corrected chi connectivity index (χ4v) is 2.54. The Balaban J connectivity index is 1.90. The Kier molecular flexibility index (Phi) is 4.66. The van der Waals surface area contributed by atoms with Crippen molar-refractivity contribution in [1.82, 2.24) is 4.98 Å². The Morgan fingerprint density at radius 1 is 0.680 bits per heavy atom. The van der Waals surface area contributed by atoms with Gasteiger partial charge < -0.3 is 14.5 Å². The molecular weight excluding hydrogens is 318 g/mol. The van der Waals surface area contributed by atoms with Crippen LogP contribution in [-0.2, 0) is 0 Å². The molecule has 1 heterocycles. The summed E-state index contributed by atoms with van der Waals surface area (Å²) < 4.78 is 10.2. The third kappa shape index (κ3) is 3.30. The summed E-state index contributed by atoms with van der Waals surface area (Å²) in [5.74, 6) is 0.891. The normalized spacial score (nSPS) is 10.3. The van der Waals surface area contributed by atoms with Crippen LogP contribution in [0, 0.1) is 0 Å². The molecule has 0 amide bonds. The third-order valence-corrected chi connectivity index (χ3v) is 3.94. The van der Waals surface area contributed by atoms with Crippen molar-refractivity contribution in [1.29, 1.82) is 0 Å². The molecule has 25 heavy (non-hydrogen) atoms. The van der Waals surface area contributed by atoms with Crippen LogP contribution in [-0.4, -0.2) is 30.8 Å². The Hall–Kier alpha value is -3.34. The fraction of sp³-hybridized carbons (Fsp3) is 0.100. The van der Waals surface area contributed by atoms with Gasteiger partial charge in [-0.15, -0.1) is 0 Å². The molecule has 2 aromatic carbocycles. The zero-order valence-electron chi connectivity index (χ0n) is 13.9. The second-order valence-corrected chi connectivity index (χ2v) is 5.40. The predicted octanol–water partition coefficient (Wildman–Crippen LogP) is 3.49. The van der Waals surface area contributed by atoms with E-state index in [9.17, 15) is 9.59 Å². The minimum absolute atomic E-state index is 0.222. The van der Waals surface area contributed by atoms with E-state index in [1.54, 1.807) is 75.1 Å². The molecule has 0 atom stereocenters. The Morgan fingerprint density at radius 3 is 1.36 bits per heavy atom. The quantitative estimate of drug-likeness (QED) is 0.700. The van der Waals surface area contributed by atoms with Gasteiger partial charge in [0.15, 0.2) is 11.6 Å². The van der Waals surface area contributed by atoms with Crippen LogP contribution in [0.25, 0.3) is 0 Å². The van der Waals surface area contributed by atoms with E-state index >= 15 is 0 Å². The van der Waals surface area contributed by atoms with Gasteiger partial charge in [0.25, 0.3) is 0 Å². The number of carbonyl (C=O) groups is 2. The third-order valence-electron chi connectivity index (χ3n) is 3.94. The molecule has 0 fully saturated rings. The molecule has 126 valence electrons. The van der Waals surface area contributed by atoms with Crippen LogP contribution in [0.4, 0.5) is 0 Å². The molecule has 3 aromatic rings. The lowest BCUT2D eigenvalue weighted by molar-refractivity contribution is 0.100. The van der Waals surface area contributed by atoms with Crippen LogP contribution in [0.1, 0.15) is 31.8 Å². The fourth-order valence-electron chi connectivity index (χ4n) is 2.54. The number of benzene rings is 2. The van der Waals surface area contributed by atoms with Crippen molar-refractivity contribution in [3.05, 3.63) is 83.2 Å². The first-order chi connectivity index (χ1) is 12.1. The second-order valence-electron chi connectivity index (χ2n) is 5.40. The van der Waals surface area contributed by atoms with Gasteiger partial charge in [0.1, 0.15) is 11.5 Å². The molecular formula is C20H17NO4. The molecule has 5 heteroatoms. The average Bonchev–Trinajstić information content (AvgIpc) is 3.16. The number of hydrogen-bond donors (Lipinski definition) is 1.